The van der Waals surface area contributed by atoms with Gasteiger partial charge in [0.15, 0.2) is 0 Å². The summed E-state index contributed by atoms with van der Waals surface area (Å²) in [6.07, 6.45) is 16.5. The number of aliphatic hydroxyl groups is 1. The van der Waals surface area contributed by atoms with Gasteiger partial charge in [-0.2, -0.15) is 0 Å². The standard InChI is InChI=1S/C29H38N2O4/c1-28-14-12-21(32)17-19(28)6-8-22-23-9-10-25(29(23,2)15-13-24(22)28)26(31-35-18-27(33)34)11-7-20-5-3-4-16-30-20/h3-7,11,16,21-25,32H,8-10,12-15,17-18H2,1-2H3,(H,33,34)/b11-7+,31-26+/t21-,22-,23-,24-,25+,28-,29-/m0/s1. The van der Waals surface area contributed by atoms with Crippen LogP contribution < -0.4 is 0 Å². The summed E-state index contributed by atoms with van der Waals surface area (Å²) >= 11 is 0. The number of aliphatic hydroxyl groups excluding tert-OH is 1. The van der Waals surface area contributed by atoms with Gasteiger partial charge in [-0.25, -0.2) is 4.79 Å². The van der Waals surface area contributed by atoms with Crippen LogP contribution in [0.5, 0.6) is 0 Å². The Morgan fingerprint density at radius 3 is 2.83 bits per heavy atom. The molecule has 0 spiro atoms. The smallest absolute Gasteiger partial charge is 0.344 e. The van der Waals surface area contributed by atoms with Gasteiger partial charge < -0.3 is 15.1 Å². The molecule has 1 aromatic heterocycles. The minimum atomic E-state index is -1.02. The minimum absolute atomic E-state index is 0.108. The fraction of sp³-hybridized carbons (Fsp3) is 0.621. The second kappa shape index (κ2) is 9.53. The van der Waals surface area contributed by atoms with Crippen LogP contribution in [0, 0.1) is 34.5 Å². The highest BCUT2D eigenvalue weighted by Gasteiger charge is 2.59. The zero-order valence-corrected chi connectivity index (χ0v) is 20.9. The van der Waals surface area contributed by atoms with Gasteiger partial charge in [-0.1, -0.05) is 36.7 Å². The molecule has 0 aromatic carbocycles. The lowest BCUT2D eigenvalue weighted by Crippen LogP contribution is -2.51. The van der Waals surface area contributed by atoms with Crippen LogP contribution in [-0.4, -0.2) is 39.6 Å². The van der Waals surface area contributed by atoms with Crippen molar-refractivity contribution in [3.8, 4) is 0 Å². The SMILES string of the molecule is C[C@]12CC[C@H]3[C@@H](CC=C4C[C@@H](O)CC[C@@]43C)[C@@H]1CC[C@@H]2C(/C=C/c1ccccn1)=N/OCC(=O)O. The van der Waals surface area contributed by atoms with E-state index in [0.29, 0.717) is 17.8 Å². The number of hydrogen-bond acceptors (Lipinski definition) is 5. The molecule has 1 aromatic rings. The topological polar surface area (TPSA) is 92.0 Å². The zero-order valence-electron chi connectivity index (χ0n) is 20.9. The number of pyridine rings is 1. The van der Waals surface area contributed by atoms with E-state index in [0.717, 1.165) is 49.9 Å². The predicted molar refractivity (Wildman–Crippen MR) is 135 cm³/mol. The number of aromatic nitrogens is 1. The molecule has 7 atom stereocenters. The van der Waals surface area contributed by atoms with Crippen LogP contribution in [0.1, 0.15) is 70.9 Å². The third-order valence-electron chi connectivity index (χ3n) is 9.91. The lowest BCUT2D eigenvalue weighted by atomic mass is 9.47. The Morgan fingerprint density at radius 1 is 1.20 bits per heavy atom. The van der Waals surface area contributed by atoms with Crippen molar-refractivity contribution in [2.24, 2.45) is 39.7 Å². The molecule has 2 N–H and O–H groups in total. The van der Waals surface area contributed by atoms with Gasteiger partial charge in [-0.3, -0.25) is 4.98 Å². The predicted octanol–water partition coefficient (Wildman–Crippen LogP) is 5.49. The molecule has 35 heavy (non-hydrogen) atoms. The maximum atomic E-state index is 11.1. The van der Waals surface area contributed by atoms with Gasteiger partial charge in [0.1, 0.15) is 0 Å². The summed E-state index contributed by atoms with van der Waals surface area (Å²) in [5, 5.41) is 23.7. The first-order valence-electron chi connectivity index (χ1n) is 13.2. The number of nitrogens with zero attached hydrogens (tertiary/aromatic N) is 2. The highest BCUT2D eigenvalue weighted by atomic mass is 16.6. The molecule has 4 aliphatic rings. The summed E-state index contributed by atoms with van der Waals surface area (Å²) in [6.45, 7) is 4.45. The summed E-state index contributed by atoms with van der Waals surface area (Å²) in [4.78, 5) is 20.7. The normalized spacial score (nSPS) is 38.9. The molecule has 4 aliphatic carbocycles. The van der Waals surface area contributed by atoms with E-state index in [9.17, 15) is 9.90 Å². The van der Waals surface area contributed by atoms with Crippen LogP contribution in [0.15, 0.2) is 47.3 Å². The zero-order chi connectivity index (χ0) is 24.6. The van der Waals surface area contributed by atoms with E-state index in [-0.39, 0.29) is 22.9 Å². The average molecular weight is 479 g/mol. The molecule has 1 heterocycles. The molecule has 188 valence electrons. The summed E-state index contributed by atoms with van der Waals surface area (Å²) in [6, 6.07) is 5.79. The van der Waals surface area contributed by atoms with Crippen LogP contribution in [0.2, 0.25) is 0 Å². The Kier molecular flexibility index (Phi) is 6.60. The molecule has 6 nitrogen and oxygen atoms in total. The summed E-state index contributed by atoms with van der Waals surface area (Å²) in [5.74, 6) is 1.16. The Hall–Kier alpha value is -2.47. The fourth-order valence-corrected chi connectivity index (χ4v) is 8.15. The summed E-state index contributed by atoms with van der Waals surface area (Å²) in [5.41, 5.74) is 3.51. The van der Waals surface area contributed by atoms with E-state index in [2.05, 4.69) is 30.1 Å². The molecule has 3 fully saturated rings. The van der Waals surface area contributed by atoms with Gasteiger partial charge in [0.2, 0.25) is 6.61 Å². The number of carboxylic acid groups (broad SMARTS) is 1. The molecule has 0 radical (unpaired) electrons. The molecule has 0 saturated heterocycles. The Labute approximate surface area is 208 Å². The molecule has 6 heteroatoms. The molecule has 5 rings (SSSR count). The van der Waals surface area contributed by atoms with Crippen molar-refractivity contribution in [1.29, 1.82) is 0 Å². The number of allylic oxidation sites excluding steroid dienone is 2. The number of carboxylic acids is 1. The van der Waals surface area contributed by atoms with Gasteiger partial charge in [-0.05, 0) is 104 Å². The van der Waals surface area contributed by atoms with Crippen molar-refractivity contribution in [3.05, 3.63) is 47.8 Å². The Bertz CT molecular complexity index is 1030. The van der Waals surface area contributed by atoms with Crippen LogP contribution in [0.4, 0.5) is 0 Å². The van der Waals surface area contributed by atoms with E-state index in [1.165, 1.54) is 18.4 Å². The number of aliphatic carboxylic acids is 1. The van der Waals surface area contributed by atoms with Gasteiger partial charge in [0.05, 0.1) is 17.5 Å². The Balaban J connectivity index is 1.41. The number of carbonyl (C=O) groups is 1. The first kappa shape index (κ1) is 24.2. The average Bonchev–Trinajstić information content (AvgIpc) is 3.19. The highest BCUT2D eigenvalue weighted by Crippen LogP contribution is 2.66. The van der Waals surface area contributed by atoms with Crippen molar-refractivity contribution in [1.82, 2.24) is 4.98 Å². The van der Waals surface area contributed by atoms with Crippen molar-refractivity contribution in [2.45, 2.75) is 71.3 Å². The van der Waals surface area contributed by atoms with E-state index >= 15 is 0 Å². The molecule has 0 amide bonds. The minimum Gasteiger partial charge on any atom is -0.479 e. The van der Waals surface area contributed by atoms with Crippen LogP contribution in [0.25, 0.3) is 6.08 Å². The number of rotatable bonds is 6. The largest absolute Gasteiger partial charge is 0.479 e. The monoisotopic (exact) mass is 478 g/mol. The number of oxime groups is 1. The van der Waals surface area contributed by atoms with E-state index in [1.807, 2.05) is 30.4 Å². The maximum Gasteiger partial charge on any atom is 0.344 e. The lowest BCUT2D eigenvalue weighted by Gasteiger charge is -2.58. The van der Waals surface area contributed by atoms with Crippen LogP contribution in [-0.2, 0) is 9.63 Å². The summed E-state index contributed by atoms with van der Waals surface area (Å²) in [7, 11) is 0. The lowest BCUT2D eigenvalue weighted by molar-refractivity contribution is -0.142. The van der Waals surface area contributed by atoms with E-state index in [1.54, 1.807) is 6.20 Å². The van der Waals surface area contributed by atoms with E-state index < -0.39 is 12.6 Å². The van der Waals surface area contributed by atoms with Crippen molar-refractivity contribution in [3.63, 3.8) is 0 Å². The first-order valence-corrected chi connectivity index (χ1v) is 13.2. The van der Waals surface area contributed by atoms with Crippen molar-refractivity contribution >= 4 is 17.8 Å². The van der Waals surface area contributed by atoms with Crippen LogP contribution >= 0.6 is 0 Å². The van der Waals surface area contributed by atoms with Gasteiger partial charge >= 0.3 is 5.97 Å². The highest BCUT2D eigenvalue weighted by molar-refractivity contribution is 6.00. The second-order valence-electron chi connectivity index (χ2n) is 11.6. The molecule has 0 aliphatic heterocycles. The summed E-state index contributed by atoms with van der Waals surface area (Å²) < 4.78 is 0. The van der Waals surface area contributed by atoms with E-state index in [4.69, 9.17) is 9.94 Å². The van der Waals surface area contributed by atoms with Crippen LogP contribution in [0.3, 0.4) is 0 Å². The molecular formula is C29H38N2O4. The quantitative estimate of drug-likeness (QED) is 0.320. The first-order chi connectivity index (χ1) is 16.8. The molecule has 0 bridgehead atoms. The maximum absolute atomic E-state index is 11.1. The fourth-order valence-electron chi connectivity index (χ4n) is 8.15. The van der Waals surface area contributed by atoms with Gasteiger partial charge in [0, 0.05) is 12.1 Å². The Morgan fingerprint density at radius 2 is 2.06 bits per heavy atom. The molecule has 0 unspecified atom stereocenters. The van der Waals surface area contributed by atoms with Gasteiger partial charge in [-0.15, -0.1) is 0 Å². The van der Waals surface area contributed by atoms with Crippen molar-refractivity contribution < 1.29 is 19.8 Å². The second-order valence-corrected chi connectivity index (χ2v) is 11.6. The molecule has 3 saturated carbocycles. The van der Waals surface area contributed by atoms with Gasteiger partial charge in [0.25, 0.3) is 0 Å². The number of hydrogen-bond donors (Lipinski definition) is 2. The number of fused-ring (bicyclic) bond motifs is 5. The third kappa shape index (κ3) is 4.46. The molecular weight excluding hydrogens is 440 g/mol. The third-order valence-corrected chi connectivity index (χ3v) is 9.91. The van der Waals surface area contributed by atoms with Crippen molar-refractivity contribution in [2.75, 3.05) is 6.61 Å².